The van der Waals surface area contributed by atoms with E-state index in [1.807, 2.05) is 31.2 Å². The number of carbonyl (C=O) groups is 1. The molecule has 0 radical (unpaired) electrons. The second-order valence-electron chi connectivity index (χ2n) is 4.22. The van der Waals surface area contributed by atoms with Crippen LogP contribution in [0.4, 0.5) is 0 Å². The van der Waals surface area contributed by atoms with Crippen molar-refractivity contribution in [2.75, 3.05) is 7.11 Å². The summed E-state index contributed by atoms with van der Waals surface area (Å²) in [5.74, 6) is 0.949. The highest BCUT2D eigenvalue weighted by molar-refractivity contribution is 8.00. The van der Waals surface area contributed by atoms with Gasteiger partial charge in [0, 0.05) is 10.9 Å². The molecule has 1 unspecified atom stereocenters. The first-order valence-corrected chi connectivity index (χ1v) is 6.68. The Balaban J connectivity index is 1.91. The van der Waals surface area contributed by atoms with Crippen LogP contribution in [0, 0.1) is 0 Å². The highest BCUT2D eigenvalue weighted by Crippen LogP contribution is 2.27. The molecule has 1 aromatic rings. The van der Waals surface area contributed by atoms with Crippen LogP contribution in [0.1, 0.15) is 19.8 Å². The van der Waals surface area contributed by atoms with Crippen LogP contribution in [0.2, 0.25) is 0 Å². The monoisotopic (exact) mass is 251 g/mol. The van der Waals surface area contributed by atoms with E-state index in [1.165, 1.54) is 0 Å². The summed E-state index contributed by atoms with van der Waals surface area (Å²) in [6.45, 7) is 1.93. The van der Waals surface area contributed by atoms with E-state index in [0.717, 1.165) is 23.5 Å². The van der Waals surface area contributed by atoms with Crippen molar-refractivity contribution in [3.8, 4) is 5.75 Å². The highest BCUT2D eigenvalue weighted by atomic mass is 32.2. The molecule has 1 aliphatic rings. The molecule has 0 saturated heterocycles. The van der Waals surface area contributed by atoms with Crippen molar-refractivity contribution in [1.82, 2.24) is 5.32 Å². The van der Waals surface area contributed by atoms with Gasteiger partial charge < -0.3 is 10.1 Å². The summed E-state index contributed by atoms with van der Waals surface area (Å²) in [6, 6.07) is 8.21. The van der Waals surface area contributed by atoms with Crippen molar-refractivity contribution in [3.05, 3.63) is 24.3 Å². The van der Waals surface area contributed by atoms with Crippen molar-refractivity contribution in [2.45, 2.75) is 36.0 Å². The zero-order chi connectivity index (χ0) is 12.3. The molecule has 1 fully saturated rings. The molecule has 3 nitrogen and oxygen atoms in total. The number of nitrogens with one attached hydrogen (secondary N) is 1. The second-order valence-corrected chi connectivity index (χ2v) is 5.64. The van der Waals surface area contributed by atoms with E-state index in [-0.39, 0.29) is 11.2 Å². The van der Waals surface area contributed by atoms with E-state index in [1.54, 1.807) is 18.9 Å². The van der Waals surface area contributed by atoms with Crippen LogP contribution in [0.15, 0.2) is 29.2 Å². The van der Waals surface area contributed by atoms with Gasteiger partial charge in [-0.2, -0.15) is 0 Å². The zero-order valence-electron chi connectivity index (χ0n) is 10.1. The van der Waals surface area contributed by atoms with E-state index < -0.39 is 0 Å². The minimum atomic E-state index is -0.0669. The fourth-order valence-electron chi connectivity index (χ4n) is 1.48. The van der Waals surface area contributed by atoms with Gasteiger partial charge in [-0.3, -0.25) is 4.79 Å². The smallest absolute Gasteiger partial charge is 0.233 e. The van der Waals surface area contributed by atoms with E-state index in [4.69, 9.17) is 4.74 Å². The molecule has 1 N–H and O–H groups in total. The average molecular weight is 251 g/mol. The first-order valence-electron chi connectivity index (χ1n) is 5.80. The van der Waals surface area contributed by atoms with E-state index in [9.17, 15) is 4.79 Å². The maximum Gasteiger partial charge on any atom is 0.233 e. The Morgan fingerprint density at radius 3 is 2.94 bits per heavy atom. The number of hydrogen-bond donors (Lipinski definition) is 1. The molecule has 2 rings (SSSR count). The van der Waals surface area contributed by atoms with Crippen molar-refractivity contribution >= 4 is 17.7 Å². The molecule has 0 heterocycles. The van der Waals surface area contributed by atoms with Crippen LogP contribution < -0.4 is 10.1 Å². The molecular formula is C13H17NO2S. The fourth-order valence-corrected chi connectivity index (χ4v) is 2.40. The Labute approximate surface area is 106 Å². The third-order valence-corrected chi connectivity index (χ3v) is 3.74. The zero-order valence-corrected chi connectivity index (χ0v) is 10.9. The average Bonchev–Trinajstić information content (AvgIpc) is 3.13. The minimum absolute atomic E-state index is 0.0669. The van der Waals surface area contributed by atoms with Gasteiger partial charge in [0.1, 0.15) is 5.75 Å². The lowest BCUT2D eigenvalue weighted by molar-refractivity contribution is -0.120. The second kappa shape index (κ2) is 5.45. The first kappa shape index (κ1) is 12.3. The molecular weight excluding hydrogens is 234 g/mol. The number of rotatable bonds is 5. The van der Waals surface area contributed by atoms with Crippen molar-refractivity contribution < 1.29 is 9.53 Å². The summed E-state index contributed by atoms with van der Waals surface area (Å²) in [6.07, 6.45) is 2.25. The molecule has 0 aromatic heterocycles. The molecule has 4 heteroatoms. The van der Waals surface area contributed by atoms with E-state index >= 15 is 0 Å². The maximum absolute atomic E-state index is 11.8. The minimum Gasteiger partial charge on any atom is -0.497 e. The van der Waals surface area contributed by atoms with E-state index in [0.29, 0.717) is 6.04 Å². The summed E-state index contributed by atoms with van der Waals surface area (Å²) >= 11 is 1.56. The predicted molar refractivity (Wildman–Crippen MR) is 69.5 cm³/mol. The summed E-state index contributed by atoms with van der Waals surface area (Å²) < 4.78 is 5.16. The number of amides is 1. The lowest BCUT2D eigenvalue weighted by Crippen LogP contribution is -2.32. The molecule has 0 spiro atoms. The van der Waals surface area contributed by atoms with Gasteiger partial charge >= 0.3 is 0 Å². The molecule has 0 aliphatic heterocycles. The quantitative estimate of drug-likeness (QED) is 0.817. The summed E-state index contributed by atoms with van der Waals surface area (Å²) in [4.78, 5) is 12.8. The maximum atomic E-state index is 11.8. The molecule has 92 valence electrons. The largest absolute Gasteiger partial charge is 0.497 e. The third-order valence-electron chi connectivity index (χ3n) is 2.65. The van der Waals surface area contributed by atoms with E-state index in [2.05, 4.69) is 5.32 Å². The molecule has 1 aliphatic carbocycles. The highest BCUT2D eigenvalue weighted by Gasteiger charge is 2.25. The van der Waals surface area contributed by atoms with Crippen LogP contribution in [0.25, 0.3) is 0 Å². The van der Waals surface area contributed by atoms with Crippen LogP contribution in [0.3, 0.4) is 0 Å². The molecule has 1 amide bonds. The first-order chi connectivity index (χ1) is 8.19. The van der Waals surface area contributed by atoms with Gasteiger partial charge in [0.25, 0.3) is 0 Å². The SMILES string of the molecule is COc1cccc(SC(C)C(=O)NC2CC2)c1. The summed E-state index contributed by atoms with van der Waals surface area (Å²) in [5.41, 5.74) is 0. The summed E-state index contributed by atoms with van der Waals surface area (Å²) in [5, 5.41) is 2.94. The predicted octanol–water partition coefficient (Wildman–Crippen LogP) is 2.45. The number of hydrogen-bond acceptors (Lipinski definition) is 3. The number of carbonyl (C=O) groups excluding carboxylic acids is 1. The molecule has 1 saturated carbocycles. The topological polar surface area (TPSA) is 38.3 Å². The summed E-state index contributed by atoms with van der Waals surface area (Å²) in [7, 11) is 1.65. The van der Waals surface area contributed by atoms with Gasteiger partial charge in [0.15, 0.2) is 0 Å². The Morgan fingerprint density at radius 2 is 2.29 bits per heavy atom. The van der Waals surface area contributed by atoms with Crippen LogP contribution in [-0.2, 0) is 4.79 Å². The van der Waals surface area contributed by atoms with Gasteiger partial charge in [0.05, 0.1) is 12.4 Å². The Bertz CT molecular complexity index is 404. The molecule has 1 aromatic carbocycles. The number of methoxy groups -OCH3 is 1. The Morgan fingerprint density at radius 1 is 1.53 bits per heavy atom. The number of thioether (sulfide) groups is 1. The lowest BCUT2D eigenvalue weighted by atomic mass is 10.3. The standard InChI is InChI=1S/C13H17NO2S/c1-9(13(15)14-10-6-7-10)17-12-5-3-4-11(8-12)16-2/h3-5,8-10H,6-7H2,1-2H3,(H,14,15). The van der Waals surface area contributed by atoms with Crippen LogP contribution in [0.5, 0.6) is 5.75 Å². The molecule has 1 atom stereocenters. The van der Waals surface area contributed by atoms with Crippen molar-refractivity contribution in [1.29, 1.82) is 0 Å². The van der Waals surface area contributed by atoms with Gasteiger partial charge in [-0.1, -0.05) is 6.07 Å². The van der Waals surface area contributed by atoms with Crippen molar-refractivity contribution in [2.24, 2.45) is 0 Å². The fraction of sp³-hybridized carbons (Fsp3) is 0.462. The Kier molecular flexibility index (Phi) is 3.94. The number of ether oxygens (including phenoxy) is 1. The number of benzene rings is 1. The molecule has 17 heavy (non-hydrogen) atoms. The van der Waals surface area contributed by atoms with Crippen LogP contribution >= 0.6 is 11.8 Å². The van der Waals surface area contributed by atoms with Gasteiger partial charge in [0.2, 0.25) is 5.91 Å². The van der Waals surface area contributed by atoms with Crippen molar-refractivity contribution in [3.63, 3.8) is 0 Å². The normalized spacial score (nSPS) is 16.4. The lowest BCUT2D eigenvalue weighted by Gasteiger charge is -2.11. The van der Waals surface area contributed by atoms with Gasteiger partial charge in [-0.25, -0.2) is 0 Å². The molecule has 0 bridgehead atoms. The van der Waals surface area contributed by atoms with Crippen LogP contribution in [-0.4, -0.2) is 24.3 Å². The van der Waals surface area contributed by atoms with Gasteiger partial charge in [-0.05, 0) is 38.0 Å². The third kappa shape index (κ3) is 3.66. The Hall–Kier alpha value is -1.16. The van der Waals surface area contributed by atoms with Gasteiger partial charge in [-0.15, -0.1) is 11.8 Å².